The van der Waals surface area contributed by atoms with E-state index >= 15 is 0 Å². The van der Waals surface area contributed by atoms with Gasteiger partial charge < -0.3 is 10.0 Å². The van der Waals surface area contributed by atoms with Gasteiger partial charge in [-0.05, 0) is 33.9 Å². The van der Waals surface area contributed by atoms with Gasteiger partial charge in [0.25, 0.3) is 0 Å². The summed E-state index contributed by atoms with van der Waals surface area (Å²) >= 11 is 0. The maximum Gasteiger partial charge on any atom is 0.100 e. The van der Waals surface area contributed by atoms with E-state index in [9.17, 15) is 5.11 Å². The number of aliphatic hydroxyl groups is 1. The molecule has 0 spiro atoms. The molecule has 0 saturated heterocycles. The highest BCUT2D eigenvalue weighted by Crippen LogP contribution is 2.40. The lowest BCUT2D eigenvalue weighted by atomic mass is 9.81. The summed E-state index contributed by atoms with van der Waals surface area (Å²) in [6, 6.07) is 0. The van der Waals surface area contributed by atoms with Crippen molar-refractivity contribution in [2.24, 2.45) is 0 Å². The number of nitrogens with zero attached hydrogens (tertiary/aromatic N) is 3. The summed E-state index contributed by atoms with van der Waals surface area (Å²) in [7, 11) is 4.19. The number of aryl methyl sites for hydroxylation is 1. The van der Waals surface area contributed by atoms with Crippen molar-refractivity contribution in [2.75, 3.05) is 14.1 Å². The highest BCUT2D eigenvalue weighted by Gasteiger charge is 2.41. The number of rotatable bonds is 4. The van der Waals surface area contributed by atoms with E-state index in [2.05, 4.69) is 31.0 Å². The molecule has 0 aliphatic heterocycles. The van der Waals surface area contributed by atoms with E-state index in [-0.39, 0.29) is 5.54 Å². The molecule has 0 bridgehead atoms. The van der Waals surface area contributed by atoms with Crippen molar-refractivity contribution in [3.05, 3.63) is 18.0 Å². The van der Waals surface area contributed by atoms with E-state index in [0.29, 0.717) is 0 Å². The molecule has 1 aliphatic rings. The zero-order valence-electron chi connectivity index (χ0n) is 12.5. The summed E-state index contributed by atoms with van der Waals surface area (Å²) in [5, 5.41) is 15.2. The maximum absolute atomic E-state index is 10.9. The highest BCUT2D eigenvalue weighted by molar-refractivity contribution is 5.15. The Labute approximate surface area is 116 Å². The predicted molar refractivity (Wildman–Crippen MR) is 77.0 cm³/mol. The van der Waals surface area contributed by atoms with E-state index < -0.39 is 6.10 Å². The van der Waals surface area contributed by atoms with Gasteiger partial charge in [0.2, 0.25) is 0 Å². The van der Waals surface area contributed by atoms with E-state index in [4.69, 9.17) is 0 Å². The standard InChI is InChI=1S/C15H27N3O/c1-4-18-12-13(11-16-18)14(19)15(17(2)3)9-7-5-6-8-10-15/h11-12,14,19H,4-10H2,1-3H3. The van der Waals surface area contributed by atoms with Crippen LogP contribution in [0.2, 0.25) is 0 Å². The van der Waals surface area contributed by atoms with Gasteiger partial charge in [0.15, 0.2) is 0 Å². The van der Waals surface area contributed by atoms with Crippen molar-refractivity contribution in [1.82, 2.24) is 14.7 Å². The van der Waals surface area contributed by atoms with Crippen molar-refractivity contribution in [3.8, 4) is 0 Å². The van der Waals surface area contributed by atoms with Gasteiger partial charge in [-0.25, -0.2) is 0 Å². The lowest BCUT2D eigenvalue weighted by Crippen LogP contribution is -2.48. The molecular formula is C15H27N3O. The molecule has 19 heavy (non-hydrogen) atoms. The van der Waals surface area contributed by atoms with E-state index in [0.717, 1.165) is 24.9 Å². The van der Waals surface area contributed by atoms with E-state index in [1.165, 1.54) is 25.7 Å². The van der Waals surface area contributed by atoms with Gasteiger partial charge in [0, 0.05) is 18.3 Å². The van der Waals surface area contributed by atoms with Gasteiger partial charge in [-0.1, -0.05) is 25.7 Å². The van der Waals surface area contributed by atoms with Crippen LogP contribution >= 0.6 is 0 Å². The molecule has 1 atom stereocenters. The third kappa shape index (κ3) is 2.84. The molecule has 108 valence electrons. The van der Waals surface area contributed by atoms with Crippen LogP contribution in [-0.2, 0) is 6.54 Å². The monoisotopic (exact) mass is 265 g/mol. The molecule has 0 amide bonds. The molecule has 1 unspecified atom stereocenters. The third-order valence-electron chi connectivity index (χ3n) is 4.66. The molecule has 1 aliphatic carbocycles. The minimum Gasteiger partial charge on any atom is -0.386 e. The molecule has 0 radical (unpaired) electrons. The predicted octanol–water partition coefficient (Wildman–Crippen LogP) is 2.59. The Morgan fingerprint density at radius 1 is 1.32 bits per heavy atom. The second kappa shape index (κ2) is 6.06. The van der Waals surface area contributed by atoms with Gasteiger partial charge in [0.05, 0.1) is 11.7 Å². The minimum absolute atomic E-state index is 0.127. The van der Waals surface area contributed by atoms with Crippen LogP contribution in [-0.4, -0.2) is 39.4 Å². The van der Waals surface area contributed by atoms with Crippen LogP contribution in [0.15, 0.2) is 12.4 Å². The Hall–Kier alpha value is -0.870. The summed E-state index contributed by atoms with van der Waals surface area (Å²) in [5.74, 6) is 0. The second-order valence-electron chi connectivity index (χ2n) is 5.94. The molecule has 1 N–H and O–H groups in total. The van der Waals surface area contributed by atoms with Gasteiger partial charge >= 0.3 is 0 Å². The van der Waals surface area contributed by atoms with Crippen molar-refractivity contribution in [1.29, 1.82) is 0 Å². The quantitative estimate of drug-likeness (QED) is 0.851. The fourth-order valence-corrected chi connectivity index (χ4v) is 3.31. The van der Waals surface area contributed by atoms with Crippen LogP contribution in [0.4, 0.5) is 0 Å². The fourth-order valence-electron chi connectivity index (χ4n) is 3.31. The molecule has 1 aromatic heterocycles. The zero-order valence-corrected chi connectivity index (χ0v) is 12.5. The maximum atomic E-state index is 10.9. The summed E-state index contributed by atoms with van der Waals surface area (Å²) in [6.45, 7) is 2.91. The van der Waals surface area contributed by atoms with Gasteiger partial charge in [-0.3, -0.25) is 4.68 Å². The number of hydrogen-bond acceptors (Lipinski definition) is 3. The molecule has 1 heterocycles. The Bertz CT molecular complexity index is 392. The normalized spacial score (nSPS) is 21.3. The van der Waals surface area contributed by atoms with Gasteiger partial charge in [0.1, 0.15) is 6.10 Å². The fraction of sp³-hybridized carbons (Fsp3) is 0.800. The molecule has 2 rings (SSSR count). The summed E-state index contributed by atoms with van der Waals surface area (Å²) in [5.41, 5.74) is 0.829. The minimum atomic E-state index is -0.444. The lowest BCUT2D eigenvalue weighted by molar-refractivity contribution is -0.0199. The van der Waals surface area contributed by atoms with Crippen LogP contribution in [0.25, 0.3) is 0 Å². The highest BCUT2D eigenvalue weighted by atomic mass is 16.3. The lowest BCUT2D eigenvalue weighted by Gasteiger charge is -2.43. The number of aliphatic hydroxyl groups excluding tert-OH is 1. The van der Waals surface area contributed by atoms with Crippen molar-refractivity contribution >= 4 is 0 Å². The van der Waals surface area contributed by atoms with Crippen LogP contribution < -0.4 is 0 Å². The first kappa shape index (κ1) is 14.5. The molecule has 0 aromatic carbocycles. The van der Waals surface area contributed by atoms with Gasteiger partial charge in [-0.2, -0.15) is 5.10 Å². The van der Waals surface area contributed by atoms with Crippen molar-refractivity contribution in [2.45, 2.75) is 63.6 Å². The topological polar surface area (TPSA) is 41.3 Å². The van der Waals surface area contributed by atoms with Crippen LogP contribution in [0, 0.1) is 0 Å². The SMILES string of the molecule is CCn1cc(C(O)C2(N(C)C)CCCCCC2)cn1. The van der Waals surface area contributed by atoms with Crippen LogP contribution in [0.1, 0.15) is 57.1 Å². The molecular weight excluding hydrogens is 238 g/mol. The Morgan fingerprint density at radius 3 is 2.42 bits per heavy atom. The van der Waals surface area contributed by atoms with E-state index in [1.54, 1.807) is 0 Å². The Balaban J connectivity index is 2.26. The summed E-state index contributed by atoms with van der Waals surface area (Å²) in [4.78, 5) is 2.23. The van der Waals surface area contributed by atoms with Gasteiger partial charge in [-0.15, -0.1) is 0 Å². The summed E-state index contributed by atoms with van der Waals surface area (Å²) < 4.78 is 1.89. The second-order valence-corrected chi connectivity index (χ2v) is 5.94. The third-order valence-corrected chi connectivity index (χ3v) is 4.66. The zero-order chi connectivity index (χ0) is 13.9. The molecule has 1 fully saturated rings. The summed E-state index contributed by atoms with van der Waals surface area (Å²) in [6.07, 6.45) is 10.5. The first-order valence-electron chi connectivity index (χ1n) is 7.48. The molecule has 1 aromatic rings. The van der Waals surface area contributed by atoms with Crippen molar-refractivity contribution < 1.29 is 5.11 Å². The molecule has 1 saturated carbocycles. The number of likely N-dealkylation sites (N-methyl/N-ethyl adjacent to an activating group) is 1. The first-order valence-corrected chi connectivity index (χ1v) is 7.48. The van der Waals surface area contributed by atoms with Crippen LogP contribution in [0.3, 0.4) is 0 Å². The first-order chi connectivity index (χ1) is 9.10. The smallest absolute Gasteiger partial charge is 0.100 e. The molecule has 4 heteroatoms. The Morgan fingerprint density at radius 2 is 1.95 bits per heavy atom. The average Bonchev–Trinajstić information content (AvgIpc) is 2.74. The van der Waals surface area contributed by atoms with Crippen LogP contribution in [0.5, 0.6) is 0 Å². The van der Waals surface area contributed by atoms with Crippen molar-refractivity contribution in [3.63, 3.8) is 0 Å². The number of hydrogen-bond donors (Lipinski definition) is 1. The largest absolute Gasteiger partial charge is 0.386 e. The average molecular weight is 265 g/mol. The molecule has 4 nitrogen and oxygen atoms in total. The number of aromatic nitrogens is 2. The van der Waals surface area contributed by atoms with E-state index in [1.807, 2.05) is 17.1 Å². The Kier molecular flexibility index (Phi) is 4.63.